The molecule has 1 N–H and O–H groups in total. The molecule has 5 nitrogen and oxygen atoms in total. The lowest BCUT2D eigenvalue weighted by atomic mass is 10.0. The molecule has 0 aliphatic carbocycles. The van der Waals surface area contributed by atoms with Gasteiger partial charge in [-0.1, -0.05) is 20.8 Å². The Balaban J connectivity index is 2.84. The van der Waals surface area contributed by atoms with E-state index < -0.39 is 27.3 Å². The standard InChI is InChI=1S/C14H23NO4S/c1-9-7-12(11(3)19-9)10(2)13(16)15-20(17,18)8-14(4,5)6/h7,10H,8H2,1-6H3,(H,15,16). The van der Waals surface area contributed by atoms with Crippen LogP contribution in [0.15, 0.2) is 10.5 Å². The van der Waals surface area contributed by atoms with Gasteiger partial charge in [0, 0.05) is 5.56 Å². The Morgan fingerprint density at radius 1 is 1.35 bits per heavy atom. The molecule has 1 rings (SSSR count). The Bertz CT molecular complexity index is 593. The molecule has 0 radical (unpaired) electrons. The molecule has 0 fully saturated rings. The Morgan fingerprint density at radius 2 is 1.90 bits per heavy atom. The van der Waals surface area contributed by atoms with E-state index in [1.54, 1.807) is 26.8 Å². The van der Waals surface area contributed by atoms with Gasteiger partial charge in [0.15, 0.2) is 0 Å². The summed E-state index contributed by atoms with van der Waals surface area (Å²) in [6.45, 7) is 10.6. The van der Waals surface area contributed by atoms with E-state index in [1.807, 2.05) is 20.8 Å². The van der Waals surface area contributed by atoms with Gasteiger partial charge in [-0.05, 0) is 32.3 Å². The van der Waals surface area contributed by atoms with Crippen molar-refractivity contribution in [2.45, 2.75) is 47.5 Å². The minimum absolute atomic E-state index is 0.0954. The summed E-state index contributed by atoms with van der Waals surface area (Å²) in [5.41, 5.74) is 0.309. The first-order chi connectivity index (χ1) is 8.91. The molecule has 0 aromatic carbocycles. The fourth-order valence-electron chi connectivity index (χ4n) is 2.07. The van der Waals surface area contributed by atoms with Crippen LogP contribution in [0.4, 0.5) is 0 Å². The zero-order valence-corrected chi connectivity index (χ0v) is 13.7. The smallest absolute Gasteiger partial charge is 0.240 e. The highest BCUT2D eigenvalue weighted by Crippen LogP contribution is 2.24. The summed E-state index contributed by atoms with van der Waals surface area (Å²) in [6.07, 6.45) is 0. The topological polar surface area (TPSA) is 76.4 Å². The van der Waals surface area contributed by atoms with E-state index in [-0.39, 0.29) is 5.75 Å². The first-order valence-corrected chi connectivity index (χ1v) is 8.18. The first-order valence-electron chi connectivity index (χ1n) is 6.52. The zero-order chi connectivity index (χ0) is 15.7. The number of hydrogen-bond donors (Lipinski definition) is 1. The Kier molecular flexibility index (Phi) is 4.69. The summed E-state index contributed by atoms with van der Waals surface area (Å²) in [4.78, 5) is 12.1. The number of amides is 1. The van der Waals surface area contributed by atoms with Crippen LogP contribution in [0, 0.1) is 19.3 Å². The number of hydrogen-bond acceptors (Lipinski definition) is 4. The van der Waals surface area contributed by atoms with Crippen LogP contribution in [-0.4, -0.2) is 20.1 Å². The molecule has 20 heavy (non-hydrogen) atoms. The van der Waals surface area contributed by atoms with Crippen molar-refractivity contribution >= 4 is 15.9 Å². The highest BCUT2D eigenvalue weighted by Gasteiger charge is 2.27. The average molecular weight is 301 g/mol. The van der Waals surface area contributed by atoms with E-state index in [4.69, 9.17) is 4.42 Å². The third-order valence-electron chi connectivity index (χ3n) is 2.82. The summed E-state index contributed by atoms with van der Waals surface area (Å²) in [5, 5.41) is 0. The molecule has 1 aromatic heterocycles. The molecule has 0 aliphatic rings. The zero-order valence-electron chi connectivity index (χ0n) is 12.9. The number of carbonyl (C=O) groups is 1. The van der Waals surface area contributed by atoms with Crippen LogP contribution in [0.1, 0.15) is 50.7 Å². The molecular weight excluding hydrogens is 278 g/mol. The normalized spacial score (nSPS) is 14.1. The van der Waals surface area contributed by atoms with E-state index >= 15 is 0 Å². The molecule has 0 bridgehead atoms. The lowest BCUT2D eigenvalue weighted by Gasteiger charge is -2.19. The Hall–Kier alpha value is -1.30. The highest BCUT2D eigenvalue weighted by atomic mass is 32.2. The number of rotatable bonds is 4. The lowest BCUT2D eigenvalue weighted by molar-refractivity contribution is -0.120. The summed E-state index contributed by atoms with van der Waals surface area (Å²) in [6, 6.07) is 1.76. The van der Waals surface area contributed by atoms with Gasteiger partial charge in [0.1, 0.15) is 11.5 Å². The van der Waals surface area contributed by atoms with Crippen LogP contribution in [0.5, 0.6) is 0 Å². The monoisotopic (exact) mass is 301 g/mol. The number of carbonyl (C=O) groups excluding carboxylic acids is 1. The number of furan rings is 1. The molecule has 0 aliphatic heterocycles. The number of sulfonamides is 1. The van der Waals surface area contributed by atoms with E-state index in [1.165, 1.54) is 0 Å². The van der Waals surface area contributed by atoms with Crippen molar-refractivity contribution in [1.82, 2.24) is 4.72 Å². The lowest BCUT2D eigenvalue weighted by Crippen LogP contribution is -2.38. The maximum Gasteiger partial charge on any atom is 0.240 e. The molecular formula is C14H23NO4S. The molecule has 1 aromatic rings. The van der Waals surface area contributed by atoms with Gasteiger partial charge in [0.25, 0.3) is 0 Å². The summed E-state index contributed by atoms with van der Waals surface area (Å²) >= 11 is 0. The van der Waals surface area contributed by atoms with Crippen molar-refractivity contribution in [3.05, 3.63) is 23.2 Å². The van der Waals surface area contributed by atoms with Crippen molar-refractivity contribution in [2.75, 3.05) is 5.75 Å². The van der Waals surface area contributed by atoms with E-state index in [9.17, 15) is 13.2 Å². The quantitative estimate of drug-likeness (QED) is 0.927. The second-order valence-corrected chi connectivity index (χ2v) is 8.10. The molecule has 0 saturated heterocycles. The van der Waals surface area contributed by atoms with Crippen LogP contribution in [-0.2, 0) is 14.8 Å². The molecule has 6 heteroatoms. The fraction of sp³-hybridized carbons (Fsp3) is 0.643. The molecule has 114 valence electrons. The third-order valence-corrected chi connectivity index (χ3v) is 4.58. The summed E-state index contributed by atoms with van der Waals surface area (Å²) in [5.74, 6) is 0.149. The van der Waals surface area contributed by atoms with Gasteiger partial charge >= 0.3 is 0 Å². The van der Waals surface area contributed by atoms with Gasteiger partial charge in [-0.2, -0.15) is 0 Å². The minimum atomic E-state index is -3.63. The fourth-order valence-corrected chi connectivity index (χ4v) is 3.77. The van der Waals surface area contributed by atoms with E-state index in [0.717, 1.165) is 0 Å². The molecule has 0 saturated carbocycles. The minimum Gasteiger partial charge on any atom is -0.466 e. The molecule has 1 unspecified atom stereocenters. The average Bonchev–Trinajstić information content (AvgIpc) is 2.51. The van der Waals surface area contributed by atoms with Crippen molar-refractivity contribution in [1.29, 1.82) is 0 Å². The number of aryl methyl sites for hydroxylation is 2. The van der Waals surface area contributed by atoms with E-state index in [2.05, 4.69) is 4.72 Å². The van der Waals surface area contributed by atoms with Crippen molar-refractivity contribution < 1.29 is 17.6 Å². The van der Waals surface area contributed by atoms with E-state index in [0.29, 0.717) is 17.1 Å². The second kappa shape index (κ2) is 5.60. The van der Waals surface area contributed by atoms with Gasteiger partial charge in [0.05, 0.1) is 11.7 Å². The largest absolute Gasteiger partial charge is 0.466 e. The van der Waals surface area contributed by atoms with Crippen LogP contribution < -0.4 is 4.72 Å². The summed E-state index contributed by atoms with van der Waals surface area (Å²) in [7, 11) is -3.63. The Morgan fingerprint density at radius 3 is 2.30 bits per heavy atom. The maximum absolute atomic E-state index is 12.1. The van der Waals surface area contributed by atoms with Crippen LogP contribution >= 0.6 is 0 Å². The SMILES string of the molecule is Cc1cc(C(C)C(=O)NS(=O)(=O)CC(C)(C)C)c(C)o1. The second-order valence-electron chi connectivity index (χ2n) is 6.38. The van der Waals surface area contributed by atoms with Crippen molar-refractivity contribution in [2.24, 2.45) is 5.41 Å². The van der Waals surface area contributed by atoms with Gasteiger partial charge in [-0.25, -0.2) is 8.42 Å². The molecule has 1 atom stereocenters. The third kappa shape index (κ3) is 4.67. The van der Waals surface area contributed by atoms with Gasteiger partial charge < -0.3 is 4.42 Å². The van der Waals surface area contributed by atoms with Crippen molar-refractivity contribution in [3.8, 4) is 0 Å². The summed E-state index contributed by atoms with van der Waals surface area (Å²) < 4.78 is 31.4. The Labute approximate surface area is 120 Å². The molecule has 1 amide bonds. The van der Waals surface area contributed by atoms with Crippen LogP contribution in [0.25, 0.3) is 0 Å². The predicted octanol–water partition coefficient (Wildman–Crippen LogP) is 2.49. The highest BCUT2D eigenvalue weighted by molar-refractivity contribution is 7.90. The van der Waals surface area contributed by atoms with Crippen LogP contribution in [0.3, 0.4) is 0 Å². The first kappa shape index (κ1) is 16.8. The predicted molar refractivity (Wildman–Crippen MR) is 78.0 cm³/mol. The molecule has 1 heterocycles. The maximum atomic E-state index is 12.1. The van der Waals surface area contributed by atoms with Crippen molar-refractivity contribution in [3.63, 3.8) is 0 Å². The van der Waals surface area contributed by atoms with Gasteiger partial charge in [-0.3, -0.25) is 9.52 Å². The van der Waals surface area contributed by atoms with Gasteiger partial charge in [0.2, 0.25) is 15.9 Å². The number of nitrogens with one attached hydrogen (secondary N) is 1. The van der Waals surface area contributed by atoms with Gasteiger partial charge in [-0.15, -0.1) is 0 Å². The molecule has 0 spiro atoms. The van der Waals surface area contributed by atoms with Crippen LogP contribution in [0.2, 0.25) is 0 Å².